The first-order valence-corrected chi connectivity index (χ1v) is 4.85. The molecule has 0 amide bonds. The van der Waals surface area contributed by atoms with Crippen molar-refractivity contribution in [2.75, 3.05) is 26.9 Å². The second-order valence-electron chi connectivity index (χ2n) is 3.35. The topological polar surface area (TPSA) is 30.5 Å². The van der Waals surface area contributed by atoms with E-state index in [1.165, 1.54) is 5.56 Å². The SMILES string of the molecule is COc1ccc([C@@H]2COCCN2)cc1. The van der Waals surface area contributed by atoms with Gasteiger partial charge in [0.2, 0.25) is 0 Å². The summed E-state index contributed by atoms with van der Waals surface area (Å²) in [6.45, 7) is 2.50. The van der Waals surface area contributed by atoms with E-state index in [1.807, 2.05) is 12.1 Å². The Morgan fingerprint density at radius 1 is 1.36 bits per heavy atom. The molecular formula is C11H15NO2. The van der Waals surface area contributed by atoms with E-state index in [4.69, 9.17) is 9.47 Å². The second-order valence-corrected chi connectivity index (χ2v) is 3.35. The lowest BCUT2D eigenvalue weighted by molar-refractivity contribution is 0.0768. The molecule has 0 unspecified atom stereocenters. The van der Waals surface area contributed by atoms with E-state index in [0.29, 0.717) is 6.04 Å². The molecule has 3 heteroatoms. The first kappa shape index (κ1) is 9.49. The quantitative estimate of drug-likeness (QED) is 0.769. The number of methoxy groups -OCH3 is 1. The molecule has 0 aromatic heterocycles. The summed E-state index contributed by atoms with van der Waals surface area (Å²) in [5.41, 5.74) is 1.26. The minimum absolute atomic E-state index is 0.328. The third kappa shape index (κ3) is 2.05. The summed E-state index contributed by atoms with van der Waals surface area (Å²) in [7, 11) is 1.68. The number of nitrogens with one attached hydrogen (secondary N) is 1. The molecule has 14 heavy (non-hydrogen) atoms. The molecule has 1 aliphatic rings. The number of hydrogen-bond acceptors (Lipinski definition) is 3. The summed E-state index contributed by atoms with van der Waals surface area (Å²) in [5.74, 6) is 0.894. The minimum Gasteiger partial charge on any atom is -0.497 e. The van der Waals surface area contributed by atoms with Crippen molar-refractivity contribution in [2.45, 2.75) is 6.04 Å². The van der Waals surface area contributed by atoms with Crippen LogP contribution in [-0.2, 0) is 4.74 Å². The van der Waals surface area contributed by atoms with E-state index in [9.17, 15) is 0 Å². The van der Waals surface area contributed by atoms with Gasteiger partial charge in [-0.25, -0.2) is 0 Å². The number of hydrogen-bond donors (Lipinski definition) is 1. The highest BCUT2D eigenvalue weighted by Gasteiger charge is 2.14. The average Bonchev–Trinajstić information content (AvgIpc) is 2.30. The maximum atomic E-state index is 5.40. The standard InChI is InChI=1S/C11H15NO2/c1-13-10-4-2-9(3-5-10)11-8-14-7-6-12-11/h2-5,11-12H,6-8H2,1H3/t11-/m0/s1. The third-order valence-electron chi connectivity index (χ3n) is 2.44. The van der Waals surface area contributed by atoms with E-state index in [2.05, 4.69) is 17.4 Å². The molecular weight excluding hydrogens is 178 g/mol. The van der Waals surface area contributed by atoms with Crippen LogP contribution in [0.25, 0.3) is 0 Å². The van der Waals surface area contributed by atoms with Gasteiger partial charge in [-0.1, -0.05) is 12.1 Å². The van der Waals surface area contributed by atoms with Crippen LogP contribution in [0.3, 0.4) is 0 Å². The van der Waals surface area contributed by atoms with Gasteiger partial charge in [0.1, 0.15) is 5.75 Å². The largest absolute Gasteiger partial charge is 0.497 e. The summed E-state index contributed by atoms with van der Waals surface area (Å²) in [6, 6.07) is 8.43. The zero-order valence-electron chi connectivity index (χ0n) is 8.32. The lowest BCUT2D eigenvalue weighted by Crippen LogP contribution is -2.34. The van der Waals surface area contributed by atoms with Gasteiger partial charge in [0.25, 0.3) is 0 Å². The molecule has 1 aliphatic heterocycles. The Balaban J connectivity index is 2.07. The lowest BCUT2D eigenvalue weighted by Gasteiger charge is -2.24. The van der Waals surface area contributed by atoms with Gasteiger partial charge in [-0.2, -0.15) is 0 Å². The summed E-state index contributed by atoms with van der Waals surface area (Å²) >= 11 is 0. The van der Waals surface area contributed by atoms with Gasteiger partial charge >= 0.3 is 0 Å². The Morgan fingerprint density at radius 2 is 2.14 bits per heavy atom. The van der Waals surface area contributed by atoms with Gasteiger partial charge in [-0.3, -0.25) is 0 Å². The summed E-state index contributed by atoms with van der Waals surface area (Å²) in [6.07, 6.45) is 0. The number of rotatable bonds is 2. The van der Waals surface area contributed by atoms with E-state index < -0.39 is 0 Å². The van der Waals surface area contributed by atoms with Crippen molar-refractivity contribution in [3.05, 3.63) is 29.8 Å². The Labute approximate surface area is 84.0 Å². The summed E-state index contributed by atoms with van der Waals surface area (Å²) in [4.78, 5) is 0. The highest BCUT2D eigenvalue weighted by atomic mass is 16.5. The zero-order valence-corrected chi connectivity index (χ0v) is 8.32. The average molecular weight is 193 g/mol. The molecule has 3 nitrogen and oxygen atoms in total. The van der Waals surface area contributed by atoms with Crippen LogP contribution >= 0.6 is 0 Å². The highest BCUT2D eigenvalue weighted by Crippen LogP contribution is 2.19. The van der Waals surface area contributed by atoms with Gasteiger partial charge in [-0.05, 0) is 17.7 Å². The van der Waals surface area contributed by atoms with Crippen molar-refractivity contribution < 1.29 is 9.47 Å². The molecule has 0 saturated carbocycles. The van der Waals surface area contributed by atoms with Crippen LogP contribution in [0.15, 0.2) is 24.3 Å². The third-order valence-corrected chi connectivity index (χ3v) is 2.44. The molecule has 0 spiro atoms. The molecule has 1 aromatic carbocycles. The van der Waals surface area contributed by atoms with Crippen LogP contribution in [0, 0.1) is 0 Å². The lowest BCUT2D eigenvalue weighted by atomic mass is 10.1. The van der Waals surface area contributed by atoms with E-state index in [-0.39, 0.29) is 0 Å². The molecule has 76 valence electrons. The van der Waals surface area contributed by atoms with Crippen LogP contribution in [0.5, 0.6) is 5.75 Å². The van der Waals surface area contributed by atoms with Gasteiger partial charge in [0.05, 0.1) is 26.4 Å². The van der Waals surface area contributed by atoms with E-state index in [1.54, 1.807) is 7.11 Å². The van der Waals surface area contributed by atoms with Crippen molar-refractivity contribution in [1.82, 2.24) is 5.32 Å². The molecule has 1 heterocycles. The Bertz CT molecular complexity index is 278. The second kappa shape index (κ2) is 4.44. The van der Waals surface area contributed by atoms with Gasteiger partial charge in [-0.15, -0.1) is 0 Å². The summed E-state index contributed by atoms with van der Waals surface area (Å²) in [5, 5.41) is 3.41. The first-order valence-electron chi connectivity index (χ1n) is 4.85. The van der Waals surface area contributed by atoms with Gasteiger partial charge in [0.15, 0.2) is 0 Å². The van der Waals surface area contributed by atoms with Crippen molar-refractivity contribution in [2.24, 2.45) is 0 Å². The van der Waals surface area contributed by atoms with Gasteiger partial charge < -0.3 is 14.8 Å². The highest BCUT2D eigenvalue weighted by molar-refractivity contribution is 5.29. The van der Waals surface area contributed by atoms with Crippen molar-refractivity contribution >= 4 is 0 Å². The first-order chi connectivity index (χ1) is 6.90. The predicted octanol–water partition coefficient (Wildman–Crippen LogP) is 1.36. The maximum Gasteiger partial charge on any atom is 0.118 e. The van der Waals surface area contributed by atoms with Crippen molar-refractivity contribution in [1.29, 1.82) is 0 Å². The number of morpholine rings is 1. The van der Waals surface area contributed by atoms with Gasteiger partial charge in [0, 0.05) is 6.54 Å². The van der Waals surface area contributed by atoms with E-state index in [0.717, 1.165) is 25.5 Å². The molecule has 1 atom stereocenters. The van der Waals surface area contributed by atoms with Crippen molar-refractivity contribution in [3.63, 3.8) is 0 Å². The molecule has 1 aromatic rings. The minimum atomic E-state index is 0.328. The zero-order chi connectivity index (χ0) is 9.80. The van der Waals surface area contributed by atoms with Crippen LogP contribution in [0.2, 0.25) is 0 Å². The fourth-order valence-electron chi connectivity index (χ4n) is 1.62. The fourth-order valence-corrected chi connectivity index (χ4v) is 1.62. The van der Waals surface area contributed by atoms with Crippen LogP contribution in [-0.4, -0.2) is 26.9 Å². The monoisotopic (exact) mass is 193 g/mol. The normalized spacial score (nSPS) is 21.9. The van der Waals surface area contributed by atoms with Crippen LogP contribution < -0.4 is 10.1 Å². The van der Waals surface area contributed by atoms with E-state index >= 15 is 0 Å². The molecule has 1 saturated heterocycles. The molecule has 1 N–H and O–H groups in total. The number of ether oxygens (including phenoxy) is 2. The Kier molecular flexibility index (Phi) is 3.01. The molecule has 2 rings (SSSR count). The maximum absolute atomic E-state index is 5.40. The smallest absolute Gasteiger partial charge is 0.118 e. The molecule has 0 bridgehead atoms. The Morgan fingerprint density at radius 3 is 2.71 bits per heavy atom. The van der Waals surface area contributed by atoms with Crippen LogP contribution in [0.4, 0.5) is 0 Å². The van der Waals surface area contributed by atoms with Crippen LogP contribution in [0.1, 0.15) is 11.6 Å². The molecule has 0 aliphatic carbocycles. The van der Waals surface area contributed by atoms with Crippen molar-refractivity contribution in [3.8, 4) is 5.75 Å². The predicted molar refractivity (Wildman–Crippen MR) is 54.6 cm³/mol. The summed E-state index contributed by atoms with van der Waals surface area (Å²) < 4.78 is 10.5. The fraction of sp³-hybridized carbons (Fsp3) is 0.455. The molecule has 0 radical (unpaired) electrons. The number of benzene rings is 1. The molecule has 1 fully saturated rings. The Hall–Kier alpha value is -1.06.